The van der Waals surface area contributed by atoms with Crippen molar-refractivity contribution in [3.05, 3.63) is 0 Å². The summed E-state index contributed by atoms with van der Waals surface area (Å²) in [5.41, 5.74) is 6.38. The van der Waals surface area contributed by atoms with Crippen LogP contribution in [-0.2, 0) is 0 Å². The first-order valence-electron chi connectivity index (χ1n) is 7.52. The normalized spacial score (nSPS) is 34.6. The van der Waals surface area contributed by atoms with Crippen LogP contribution in [0.3, 0.4) is 0 Å². The van der Waals surface area contributed by atoms with E-state index in [9.17, 15) is 0 Å². The van der Waals surface area contributed by atoms with Crippen LogP contribution in [0.15, 0.2) is 0 Å². The van der Waals surface area contributed by atoms with Gasteiger partial charge in [-0.2, -0.15) is 0 Å². The number of hydrogen-bond donors (Lipinski definition) is 1. The van der Waals surface area contributed by atoms with E-state index >= 15 is 0 Å². The van der Waals surface area contributed by atoms with E-state index in [2.05, 4.69) is 39.5 Å². The molecule has 2 nitrogen and oxygen atoms in total. The van der Waals surface area contributed by atoms with Gasteiger partial charge in [-0.1, -0.05) is 34.1 Å². The highest BCUT2D eigenvalue weighted by atomic mass is 15.2. The van der Waals surface area contributed by atoms with Gasteiger partial charge in [0.2, 0.25) is 0 Å². The van der Waals surface area contributed by atoms with Crippen molar-refractivity contribution >= 4 is 0 Å². The molecule has 102 valence electrons. The molecule has 5 atom stereocenters. The van der Waals surface area contributed by atoms with E-state index < -0.39 is 0 Å². The van der Waals surface area contributed by atoms with Crippen LogP contribution < -0.4 is 5.73 Å². The van der Waals surface area contributed by atoms with Gasteiger partial charge in [-0.15, -0.1) is 0 Å². The van der Waals surface area contributed by atoms with Crippen molar-refractivity contribution in [2.75, 3.05) is 6.54 Å². The third-order valence-electron chi connectivity index (χ3n) is 4.60. The number of piperidine rings is 1. The Balaban J connectivity index is 2.71. The van der Waals surface area contributed by atoms with E-state index in [1.807, 2.05) is 0 Å². The average Bonchev–Trinajstić information content (AvgIpc) is 2.26. The molecule has 1 aliphatic rings. The SMILES string of the molecule is CCCC(N)C(CC)N1CC(C)CC(C)C1C. The minimum atomic E-state index is 0.352. The number of hydrogen-bond acceptors (Lipinski definition) is 2. The smallest absolute Gasteiger partial charge is 0.0247 e. The van der Waals surface area contributed by atoms with Gasteiger partial charge in [0, 0.05) is 24.7 Å². The van der Waals surface area contributed by atoms with Crippen LogP contribution in [0.4, 0.5) is 0 Å². The van der Waals surface area contributed by atoms with E-state index in [1.165, 1.54) is 25.8 Å². The van der Waals surface area contributed by atoms with Gasteiger partial charge in [-0.25, -0.2) is 0 Å². The summed E-state index contributed by atoms with van der Waals surface area (Å²) in [7, 11) is 0. The van der Waals surface area contributed by atoms with Gasteiger partial charge >= 0.3 is 0 Å². The van der Waals surface area contributed by atoms with Gasteiger partial charge in [0.25, 0.3) is 0 Å². The van der Waals surface area contributed by atoms with Crippen molar-refractivity contribution in [3.8, 4) is 0 Å². The first-order chi connectivity index (χ1) is 8.01. The second-order valence-electron chi connectivity index (χ2n) is 6.18. The maximum absolute atomic E-state index is 6.38. The lowest BCUT2D eigenvalue weighted by atomic mass is 9.83. The van der Waals surface area contributed by atoms with Crippen molar-refractivity contribution in [2.45, 2.75) is 78.4 Å². The molecule has 1 heterocycles. The first kappa shape index (κ1) is 15.0. The van der Waals surface area contributed by atoms with Gasteiger partial charge in [-0.3, -0.25) is 4.90 Å². The number of likely N-dealkylation sites (tertiary alicyclic amines) is 1. The zero-order valence-electron chi connectivity index (χ0n) is 12.4. The molecule has 0 aliphatic carbocycles. The number of nitrogens with two attached hydrogens (primary N) is 1. The minimum absolute atomic E-state index is 0.352. The van der Waals surface area contributed by atoms with E-state index in [0.29, 0.717) is 18.1 Å². The molecule has 1 saturated heterocycles. The summed E-state index contributed by atoms with van der Waals surface area (Å²) in [6.07, 6.45) is 4.91. The van der Waals surface area contributed by atoms with Crippen LogP contribution in [0.1, 0.15) is 60.3 Å². The standard InChI is InChI=1S/C15H32N2/c1-6-8-14(16)15(7-2)17-10-11(3)9-12(4)13(17)5/h11-15H,6-10,16H2,1-5H3. The molecular weight excluding hydrogens is 208 g/mol. The maximum Gasteiger partial charge on any atom is 0.0247 e. The van der Waals surface area contributed by atoms with Crippen molar-refractivity contribution < 1.29 is 0 Å². The molecule has 5 unspecified atom stereocenters. The molecule has 0 spiro atoms. The van der Waals surface area contributed by atoms with Crippen molar-refractivity contribution in [1.82, 2.24) is 4.90 Å². The summed E-state index contributed by atoms with van der Waals surface area (Å²) < 4.78 is 0. The number of nitrogens with zero attached hydrogens (tertiary/aromatic N) is 1. The third-order valence-corrected chi connectivity index (χ3v) is 4.60. The molecule has 0 saturated carbocycles. The van der Waals surface area contributed by atoms with Crippen molar-refractivity contribution in [3.63, 3.8) is 0 Å². The predicted octanol–water partition coefficient (Wildman–Crippen LogP) is 3.26. The Morgan fingerprint density at radius 2 is 1.88 bits per heavy atom. The van der Waals surface area contributed by atoms with Crippen LogP contribution in [0, 0.1) is 11.8 Å². The van der Waals surface area contributed by atoms with Gasteiger partial charge in [0.15, 0.2) is 0 Å². The largest absolute Gasteiger partial charge is 0.326 e. The molecule has 0 aromatic heterocycles. The fraction of sp³-hybridized carbons (Fsp3) is 1.00. The van der Waals surface area contributed by atoms with Gasteiger partial charge in [-0.05, 0) is 38.0 Å². The second-order valence-corrected chi connectivity index (χ2v) is 6.18. The predicted molar refractivity (Wildman–Crippen MR) is 76.1 cm³/mol. The average molecular weight is 240 g/mol. The van der Waals surface area contributed by atoms with Crippen LogP contribution >= 0.6 is 0 Å². The summed E-state index contributed by atoms with van der Waals surface area (Å²) in [4.78, 5) is 2.69. The highest BCUT2D eigenvalue weighted by molar-refractivity contribution is 4.90. The van der Waals surface area contributed by atoms with Gasteiger partial charge in [0.05, 0.1) is 0 Å². The Hall–Kier alpha value is -0.0800. The molecule has 0 aromatic carbocycles. The van der Waals surface area contributed by atoms with Crippen molar-refractivity contribution in [1.29, 1.82) is 0 Å². The van der Waals surface area contributed by atoms with Gasteiger partial charge < -0.3 is 5.73 Å². The topological polar surface area (TPSA) is 29.3 Å². The Labute approximate surface area is 108 Å². The van der Waals surface area contributed by atoms with Crippen LogP contribution in [0.2, 0.25) is 0 Å². The Bertz CT molecular complexity index is 217. The monoisotopic (exact) mass is 240 g/mol. The number of rotatable bonds is 5. The summed E-state index contributed by atoms with van der Waals surface area (Å²) in [6.45, 7) is 12.9. The Morgan fingerprint density at radius 1 is 1.24 bits per heavy atom. The zero-order valence-corrected chi connectivity index (χ0v) is 12.4. The summed E-state index contributed by atoms with van der Waals surface area (Å²) in [5, 5.41) is 0. The molecule has 1 aliphatic heterocycles. The molecule has 0 aromatic rings. The lowest BCUT2D eigenvalue weighted by Crippen LogP contribution is -2.56. The molecule has 2 heteroatoms. The van der Waals surface area contributed by atoms with E-state index in [4.69, 9.17) is 5.73 Å². The van der Waals surface area contributed by atoms with Gasteiger partial charge in [0.1, 0.15) is 0 Å². The third kappa shape index (κ3) is 3.69. The van der Waals surface area contributed by atoms with E-state index in [1.54, 1.807) is 0 Å². The van der Waals surface area contributed by atoms with Crippen molar-refractivity contribution in [2.24, 2.45) is 17.6 Å². The lowest BCUT2D eigenvalue weighted by molar-refractivity contribution is 0.0274. The maximum atomic E-state index is 6.38. The summed E-state index contributed by atoms with van der Waals surface area (Å²) in [5.74, 6) is 1.63. The Morgan fingerprint density at radius 3 is 2.41 bits per heavy atom. The summed E-state index contributed by atoms with van der Waals surface area (Å²) >= 11 is 0. The van der Waals surface area contributed by atoms with E-state index in [-0.39, 0.29) is 0 Å². The molecule has 0 radical (unpaired) electrons. The van der Waals surface area contributed by atoms with Crippen LogP contribution in [-0.4, -0.2) is 29.6 Å². The molecule has 1 rings (SSSR count). The molecular formula is C15H32N2. The second kappa shape index (κ2) is 6.75. The minimum Gasteiger partial charge on any atom is -0.326 e. The molecule has 2 N–H and O–H groups in total. The first-order valence-corrected chi connectivity index (χ1v) is 7.52. The lowest BCUT2D eigenvalue weighted by Gasteiger charge is -2.47. The highest BCUT2D eigenvalue weighted by Gasteiger charge is 2.34. The van der Waals surface area contributed by atoms with Crippen LogP contribution in [0.5, 0.6) is 0 Å². The molecule has 1 fully saturated rings. The summed E-state index contributed by atoms with van der Waals surface area (Å²) in [6, 6.07) is 1.62. The zero-order chi connectivity index (χ0) is 13.0. The molecule has 17 heavy (non-hydrogen) atoms. The van der Waals surface area contributed by atoms with E-state index in [0.717, 1.165) is 18.3 Å². The van der Waals surface area contributed by atoms with Crippen LogP contribution in [0.25, 0.3) is 0 Å². The molecule has 0 amide bonds. The highest BCUT2D eigenvalue weighted by Crippen LogP contribution is 2.30. The fourth-order valence-electron chi connectivity index (χ4n) is 3.51. The fourth-order valence-corrected chi connectivity index (χ4v) is 3.51. The molecule has 0 bridgehead atoms. The Kier molecular flexibility index (Phi) is 5.94. The quantitative estimate of drug-likeness (QED) is 0.799.